The van der Waals surface area contributed by atoms with E-state index in [1.165, 1.54) is 14.2 Å². The second kappa shape index (κ2) is 6.04. The molecule has 0 atom stereocenters. The summed E-state index contributed by atoms with van der Waals surface area (Å²) in [6.45, 7) is 0.281. The molecule has 0 spiro atoms. The Morgan fingerprint density at radius 1 is 1.53 bits per heavy atom. The summed E-state index contributed by atoms with van der Waals surface area (Å²) in [5.74, 6) is 0.134. The van der Waals surface area contributed by atoms with E-state index in [4.69, 9.17) is 9.47 Å². The molecule has 15 heavy (non-hydrogen) atoms. The molecule has 8 heteroatoms. The Morgan fingerprint density at radius 2 is 2.27 bits per heavy atom. The Morgan fingerprint density at radius 3 is 2.80 bits per heavy atom. The molecular weight excluding hydrogens is 202 g/mol. The maximum Gasteiger partial charge on any atom is 0.227 e. The van der Waals surface area contributed by atoms with Crippen molar-refractivity contribution in [3.05, 3.63) is 5.82 Å². The zero-order valence-corrected chi connectivity index (χ0v) is 8.56. The van der Waals surface area contributed by atoms with Crippen LogP contribution in [-0.2, 0) is 20.7 Å². The summed E-state index contributed by atoms with van der Waals surface area (Å²) in [6, 6.07) is 0. The van der Waals surface area contributed by atoms with Gasteiger partial charge in [-0.3, -0.25) is 4.79 Å². The summed E-state index contributed by atoms with van der Waals surface area (Å²) < 4.78 is 9.80. The van der Waals surface area contributed by atoms with Gasteiger partial charge in [-0.1, -0.05) is 5.21 Å². The van der Waals surface area contributed by atoms with Crippen LogP contribution in [0.5, 0.6) is 0 Å². The Bertz CT molecular complexity index is 285. The molecule has 0 aliphatic rings. The molecule has 0 aliphatic heterocycles. The van der Waals surface area contributed by atoms with Crippen molar-refractivity contribution in [1.29, 1.82) is 0 Å². The number of amides is 1. The highest BCUT2D eigenvalue weighted by Gasteiger charge is 2.10. The smallest absolute Gasteiger partial charge is 0.227 e. The van der Waals surface area contributed by atoms with Crippen LogP contribution in [0.2, 0.25) is 0 Å². The second-order valence-electron chi connectivity index (χ2n) is 2.71. The number of H-pyrrole nitrogens is 1. The van der Waals surface area contributed by atoms with Gasteiger partial charge in [-0.15, -0.1) is 10.2 Å². The van der Waals surface area contributed by atoms with Crippen LogP contribution in [-0.4, -0.2) is 53.6 Å². The fourth-order valence-corrected chi connectivity index (χ4v) is 0.924. The van der Waals surface area contributed by atoms with E-state index in [2.05, 4.69) is 25.9 Å². The highest BCUT2D eigenvalue weighted by molar-refractivity contribution is 5.77. The highest BCUT2D eigenvalue weighted by atomic mass is 16.7. The number of rotatable bonds is 6. The van der Waals surface area contributed by atoms with Gasteiger partial charge in [0.2, 0.25) is 5.91 Å². The van der Waals surface area contributed by atoms with Crippen LogP contribution in [0.1, 0.15) is 5.82 Å². The second-order valence-corrected chi connectivity index (χ2v) is 2.71. The Balaban J connectivity index is 2.24. The first-order valence-electron chi connectivity index (χ1n) is 4.31. The van der Waals surface area contributed by atoms with Crippen molar-refractivity contribution >= 4 is 5.91 Å². The van der Waals surface area contributed by atoms with Gasteiger partial charge in [-0.2, -0.15) is 5.21 Å². The number of hydrogen-bond donors (Lipinski definition) is 2. The van der Waals surface area contributed by atoms with Gasteiger partial charge in [0.15, 0.2) is 12.1 Å². The molecule has 0 saturated carbocycles. The van der Waals surface area contributed by atoms with Gasteiger partial charge in [-0.25, -0.2) is 0 Å². The summed E-state index contributed by atoms with van der Waals surface area (Å²) in [5.41, 5.74) is 0. The van der Waals surface area contributed by atoms with Crippen LogP contribution in [0.25, 0.3) is 0 Å². The normalized spacial score (nSPS) is 10.6. The maximum atomic E-state index is 11.3. The van der Waals surface area contributed by atoms with Crippen molar-refractivity contribution in [2.75, 3.05) is 20.8 Å². The van der Waals surface area contributed by atoms with E-state index in [0.717, 1.165) is 0 Å². The van der Waals surface area contributed by atoms with Gasteiger partial charge in [0.05, 0.1) is 13.0 Å². The summed E-state index contributed by atoms with van der Waals surface area (Å²) in [4.78, 5) is 11.3. The van der Waals surface area contributed by atoms with Crippen molar-refractivity contribution in [2.24, 2.45) is 0 Å². The van der Waals surface area contributed by atoms with Crippen LogP contribution < -0.4 is 5.32 Å². The molecule has 0 radical (unpaired) electrons. The number of aromatic nitrogens is 4. The van der Waals surface area contributed by atoms with E-state index in [1.54, 1.807) is 0 Å². The average molecular weight is 215 g/mol. The number of carbonyl (C=O) groups excluding carboxylic acids is 1. The van der Waals surface area contributed by atoms with Gasteiger partial charge in [0, 0.05) is 14.2 Å². The molecule has 1 aromatic rings. The Kier molecular flexibility index (Phi) is 4.64. The third-order valence-electron chi connectivity index (χ3n) is 1.70. The van der Waals surface area contributed by atoms with Gasteiger partial charge >= 0.3 is 0 Å². The van der Waals surface area contributed by atoms with E-state index in [9.17, 15) is 4.79 Å². The highest BCUT2D eigenvalue weighted by Crippen LogP contribution is 1.89. The molecule has 1 rings (SSSR count). The van der Waals surface area contributed by atoms with Crippen LogP contribution in [0.3, 0.4) is 0 Å². The number of methoxy groups -OCH3 is 2. The third kappa shape index (κ3) is 4.00. The zero-order chi connectivity index (χ0) is 11.1. The molecule has 1 heterocycles. The van der Waals surface area contributed by atoms with Crippen LogP contribution in [0.4, 0.5) is 0 Å². The summed E-state index contributed by atoms with van der Waals surface area (Å²) in [7, 11) is 3.00. The molecule has 8 nitrogen and oxygen atoms in total. The minimum Gasteiger partial charge on any atom is -0.354 e. The standard InChI is InChI=1S/C7H13N5O3/c1-14-7(15-2)4-8-6(13)3-5-9-11-12-10-5/h7H,3-4H2,1-2H3,(H,8,13)(H,9,10,11,12). The molecule has 1 aromatic heterocycles. The number of nitrogens with one attached hydrogen (secondary N) is 2. The van der Waals surface area contributed by atoms with E-state index < -0.39 is 6.29 Å². The molecular formula is C7H13N5O3. The van der Waals surface area contributed by atoms with Crippen LogP contribution >= 0.6 is 0 Å². The molecule has 0 aromatic carbocycles. The van der Waals surface area contributed by atoms with Crippen molar-refractivity contribution in [3.8, 4) is 0 Å². The molecule has 0 unspecified atom stereocenters. The lowest BCUT2D eigenvalue weighted by atomic mass is 10.4. The lowest BCUT2D eigenvalue weighted by Crippen LogP contribution is -2.35. The Hall–Kier alpha value is -1.54. The number of hydrogen-bond acceptors (Lipinski definition) is 6. The van der Waals surface area contributed by atoms with Crippen molar-refractivity contribution < 1.29 is 14.3 Å². The van der Waals surface area contributed by atoms with E-state index in [1.807, 2.05) is 0 Å². The van der Waals surface area contributed by atoms with E-state index in [-0.39, 0.29) is 18.9 Å². The first-order valence-corrected chi connectivity index (χ1v) is 4.31. The first kappa shape index (κ1) is 11.5. The SMILES string of the molecule is COC(CNC(=O)Cc1nn[nH]n1)OC. The van der Waals surface area contributed by atoms with Gasteiger partial charge in [-0.05, 0) is 0 Å². The lowest BCUT2D eigenvalue weighted by Gasteiger charge is -2.13. The first-order chi connectivity index (χ1) is 7.26. The largest absolute Gasteiger partial charge is 0.354 e. The molecule has 84 valence electrons. The maximum absolute atomic E-state index is 11.3. The number of carbonyl (C=O) groups is 1. The summed E-state index contributed by atoms with van der Waals surface area (Å²) >= 11 is 0. The fourth-order valence-electron chi connectivity index (χ4n) is 0.924. The van der Waals surface area contributed by atoms with Crippen molar-refractivity contribution in [2.45, 2.75) is 12.7 Å². The minimum absolute atomic E-state index is 0.0800. The van der Waals surface area contributed by atoms with Gasteiger partial charge < -0.3 is 14.8 Å². The third-order valence-corrected chi connectivity index (χ3v) is 1.70. The zero-order valence-electron chi connectivity index (χ0n) is 8.56. The lowest BCUT2D eigenvalue weighted by molar-refractivity contribution is -0.126. The summed E-state index contributed by atoms with van der Waals surface area (Å²) in [5, 5.41) is 15.5. The molecule has 1 amide bonds. The Labute approximate surface area is 86.3 Å². The average Bonchev–Trinajstić information content (AvgIpc) is 2.72. The van der Waals surface area contributed by atoms with Crippen molar-refractivity contribution in [3.63, 3.8) is 0 Å². The number of tetrazole rings is 1. The quantitative estimate of drug-likeness (QED) is 0.558. The minimum atomic E-state index is -0.445. The molecule has 0 aliphatic carbocycles. The fraction of sp³-hybridized carbons (Fsp3) is 0.714. The topological polar surface area (TPSA) is 102 Å². The molecule has 0 saturated heterocycles. The van der Waals surface area contributed by atoms with Crippen LogP contribution in [0, 0.1) is 0 Å². The number of ether oxygens (including phenoxy) is 2. The monoisotopic (exact) mass is 215 g/mol. The van der Waals surface area contributed by atoms with E-state index in [0.29, 0.717) is 5.82 Å². The molecule has 0 bridgehead atoms. The van der Waals surface area contributed by atoms with E-state index >= 15 is 0 Å². The predicted octanol–water partition coefficient (Wildman–Crippen LogP) is -1.52. The van der Waals surface area contributed by atoms with Crippen LogP contribution in [0.15, 0.2) is 0 Å². The predicted molar refractivity (Wildman–Crippen MR) is 48.7 cm³/mol. The van der Waals surface area contributed by atoms with Gasteiger partial charge in [0.1, 0.15) is 0 Å². The summed E-state index contributed by atoms with van der Waals surface area (Å²) in [6.07, 6.45) is -0.365. The molecule has 2 N–H and O–H groups in total. The number of nitrogens with zero attached hydrogens (tertiary/aromatic N) is 3. The molecule has 0 fully saturated rings. The van der Waals surface area contributed by atoms with Gasteiger partial charge in [0.25, 0.3) is 0 Å². The number of aromatic amines is 1. The van der Waals surface area contributed by atoms with Crippen molar-refractivity contribution in [1.82, 2.24) is 25.9 Å².